The van der Waals surface area contributed by atoms with Crippen LogP contribution in [0.2, 0.25) is 0 Å². The minimum atomic E-state index is -0.185. The van der Waals surface area contributed by atoms with Crippen LogP contribution in [0.1, 0.15) is 41.5 Å². The quantitative estimate of drug-likeness (QED) is 0.676. The second-order valence-corrected chi connectivity index (χ2v) is 7.49. The van der Waals surface area contributed by atoms with Crippen molar-refractivity contribution in [1.29, 1.82) is 0 Å². The van der Waals surface area contributed by atoms with Gasteiger partial charge in [-0.05, 0) is 37.6 Å². The van der Waals surface area contributed by atoms with E-state index in [9.17, 15) is 4.79 Å². The highest BCUT2D eigenvalue weighted by molar-refractivity contribution is 5.98. The zero-order valence-corrected chi connectivity index (χ0v) is 17.1. The van der Waals surface area contributed by atoms with Crippen LogP contribution in [0.25, 0.3) is 11.0 Å². The molecular weight excluding hydrogens is 362 g/mol. The fourth-order valence-corrected chi connectivity index (χ4v) is 3.91. The van der Waals surface area contributed by atoms with Gasteiger partial charge >= 0.3 is 0 Å². The molecule has 1 aliphatic heterocycles. The van der Waals surface area contributed by atoms with E-state index in [0.717, 1.165) is 61.6 Å². The maximum absolute atomic E-state index is 12.5. The first-order chi connectivity index (χ1) is 14.1. The van der Waals surface area contributed by atoms with Gasteiger partial charge in [-0.1, -0.05) is 30.3 Å². The van der Waals surface area contributed by atoms with Gasteiger partial charge in [0, 0.05) is 50.3 Å². The number of nitrogens with zero attached hydrogens (tertiary/aromatic N) is 4. The first-order valence-electron chi connectivity index (χ1n) is 10.2. The third kappa shape index (κ3) is 4.38. The smallest absolute Gasteiger partial charge is 0.271 e. The van der Waals surface area contributed by atoms with Crippen molar-refractivity contribution in [3.63, 3.8) is 0 Å². The van der Waals surface area contributed by atoms with Gasteiger partial charge in [-0.3, -0.25) is 9.69 Å². The number of benzene rings is 2. The highest BCUT2D eigenvalue weighted by Crippen LogP contribution is 2.18. The summed E-state index contributed by atoms with van der Waals surface area (Å²) in [6, 6.07) is 16.2. The van der Waals surface area contributed by atoms with Crippen molar-refractivity contribution >= 4 is 22.7 Å². The Morgan fingerprint density at radius 3 is 2.62 bits per heavy atom. The highest BCUT2D eigenvalue weighted by Gasteiger charge is 2.16. The van der Waals surface area contributed by atoms with Crippen LogP contribution in [-0.2, 0) is 13.1 Å². The molecule has 6 nitrogen and oxygen atoms in total. The summed E-state index contributed by atoms with van der Waals surface area (Å²) in [6.07, 6.45) is 1.76. The first kappa shape index (κ1) is 19.3. The number of carbonyl (C=O) groups excluding carboxylic acids is 1. The van der Waals surface area contributed by atoms with Gasteiger partial charge in [0.15, 0.2) is 0 Å². The third-order valence-corrected chi connectivity index (χ3v) is 5.52. The monoisotopic (exact) mass is 389 g/mol. The molecule has 0 atom stereocenters. The van der Waals surface area contributed by atoms with Crippen LogP contribution in [0.3, 0.4) is 0 Å². The average Bonchev–Trinajstić information content (AvgIpc) is 3.07. The molecule has 0 radical (unpaired) electrons. The van der Waals surface area contributed by atoms with Gasteiger partial charge in [-0.15, -0.1) is 0 Å². The molecule has 4 rings (SSSR count). The largest absolute Gasteiger partial charge is 0.329 e. The Balaban J connectivity index is 1.34. The van der Waals surface area contributed by atoms with E-state index in [2.05, 4.69) is 56.2 Å². The first-order valence-corrected chi connectivity index (χ1v) is 10.2. The summed E-state index contributed by atoms with van der Waals surface area (Å²) in [5, 5.41) is 4.38. The second-order valence-electron chi connectivity index (χ2n) is 7.49. The van der Waals surface area contributed by atoms with Crippen molar-refractivity contribution in [2.24, 2.45) is 5.10 Å². The number of likely N-dealkylation sites (tertiary alicyclic amines) is 1. The SMILES string of the molecule is CCn1c(C)nc2cc(C(=O)NN=C3CCN(Cc4ccccc4)CC3)ccc21. The molecule has 1 saturated heterocycles. The Bertz CT molecular complexity index is 1030. The molecule has 2 heterocycles. The Hall–Kier alpha value is -2.99. The van der Waals surface area contributed by atoms with Crippen LogP contribution in [0.4, 0.5) is 0 Å². The number of hydrogen-bond donors (Lipinski definition) is 1. The van der Waals surface area contributed by atoms with E-state index < -0.39 is 0 Å². The second kappa shape index (κ2) is 8.57. The molecule has 0 spiro atoms. The number of hydrazone groups is 1. The van der Waals surface area contributed by atoms with Crippen LogP contribution in [0.5, 0.6) is 0 Å². The Kier molecular flexibility index (Phi) is 5.71. The summed E-state index contributed by atoms with van der Waals surface area (Å²) in [4.78, 5) is 19.5. The lowest BCUT2D eigenvalue weighted by atomic mass is 10.1. The number of hydrogen-bond acceptors (Lipinski definition) is 4. The van der Waals surface area contributed by atoms with Crippen molar-refractivity contribution in [2.75, 3.05) is 13.1 Å². The zero-order chi connectivity index (χ0) is 20.2. The molecule has 0 saturated carbocycles. The molecule has 1 aliphatic rings. The van der Waals surface area contributed by atoms with Gasteiger partial charge in [0.05, 0.1) is 11.0 Å². The van der Waals surface area contributed by atoms with E-state index in [-0.39, 0.29) is 5.91 Å². The van der Waals surface area contributed by atoms with Crippen molar-refractivity contribution in [2.45, 2.75) is 39.8 Å². The lowest BCUT2D eigenvalue weighted by Crippen LogP contribution is -2.34. The maximum atomic E-state index is 12.5. The average molecular weight is 390 g/mol. The van der Waals surface area contributed by atoms with E-state index >= 15 is 0 Å². The normalized spacial score (nSPS) is 14.9. The number of piperidine rings is 1. The number of imidazole rings is 1. The topological polar surface area (TPSA) is 62.5 Å². The number of amides is 1. The van der Waals surface area contributed by atoms with E-state index in [1.807, 2.05) is 31.2 Å². The molecule has 1 aromatic heterocycles. The zero-order valence-electron chi connectivity index (χ0n) is 17.1. The van der Waals surface area contributed by atoms with Crippen molar-refractivity contribution in [1.82, 2.24) is 19.9 Å². The summed E-state index contributed by atoms with van der Waals surface area (Å²) in [5.41, 5.74) is 7.60. The van der Waals surface area contributed by atoms with Crippen molar-refractivity contribution in [3.05, 3.63) is 65.5 Å². The fourth-order valence-electron chi connectivity index (χ4n) is 3.91. The van der Waals surface area contributed by atoms with Gasteiger partial charge in [0.25, 0.3) is 5.91 Å². The van der Waals surface area contributed by atoms with Crippen LogP contribution >= 0.6 is 0 Å². The van der Waals surface area contributed by atoms with Gasteiger partial charge < -0.3 is 4.57 Å². The number of fused-ring (bicyclic) bond motifs is 1. The fraction of sp³-hybridized carbons (Fsp3) is 0.348. The lowest BCUT2D eigenvalue weighted by molar-refractivity contribution is 0.0954. The minimum absolute atomic E-state index is 0.185. The predicted octanol–water partition coefficient (Wildman–Crippen LogP) is 3.75. The number of rotatable bonds is 5. The molecule has 0 unspecified atom stereocenters. The summed E-state index contributed by atoms with van der Waals surface area (Å²) in [5.74, 6) is 0.775. The number of carbonyl (C=O) groups is 1. The van der Waals surface area contributed by atoms with Gasteiger partial charge in [0.1, 0.15) is 5.82 Å². The van der Waals surface area contributed by atoms with E-state index in [1.54, 1.807) is 0 Å². The van der Waals surface area contributed by atoms with Crippen molar-refractivity contribution in [3.8, 4) is 0 Å². The summed E-state index contributed by atoms with van der Waals surface area (Å²) < 4.78 is 2.14. The summed E-state index contributed by atoms with van der Waals surface area (Å²) >= 11 is 0. The lowest BCUT2D eigenvalue weighted by Gasteiger charge is -2.27. The molecular formula is C23H27N5O. The van der Waals surface area contributed by atoms with Crippen LogP contribution in [-0.4, -0.2) is 39.2 Å². The molecule has 1 fully saturated rings. The van der Waals surface area contributed by atoms with Crippen molar-refractivity contribution < 1.29 is 4.79 Å². The van der Waals surface area contributed by atoms with Gasteiger partial charge in [-0.25, -0.2) is 10.4 Å². The van der Waals surface area contributed by atoms with E-state index in [0.29, 0.717) is 5.56 Å². The Morgan fingerprint density at radius 1 is 1.14 bits per heavy atom. The molecule has 1 N–H and O–H groups in total. The minimum Gasteiger partial charge on any atom is -0.329 e. The van der Waals surface area contributed by atoms with E-state index in [1.165, 1.54) is 5.56 Å². The Labute approximate surface area is 171 Å². The third-order valence-electron chi connectivity index (χ3n) is 5.52. The van der Waals surface area contributed by atoms with Crippen LogP contribution in [0, 0.1) is 6.92 Å². The molecule has 2 aromatic carbocycles. The van der Waals surface area contributed by atoms with Gasteiger partial charge in [0.2, 0.25) is 0 Å². The van der Waals surface area contributed by atoms with Crippen LogP contribution in [0.15, 0.2) is 53.6 Å². The number of aromatic nitrogens is 2. The standard InChI is InChI=1S/C23H27N5O/c1-3-28-17(2)24-21-15-19(9-10-22(21)28)23(29)26-25-20-11-13-27(14-12-20)16-18-7-5-4-6-8-18/h4-10,15H,3,11-14,16H2,1-2H3,(H,26,29). The molecule has 150 valence electrons. The summed E-state index contributed by atoms with van der Waals surface area (Å²) in [7, 11) is 0. The molecule has 3 aromatic rings. The molecule has 6 heteroatoms. The maximum Gasteiger partial charge on any atom is 0.271 e. The Morgan fingerprint density at radius 2 is 1.90 bits per heavy atom. The molecule has 29 heavy (non-hydrogen) atoms. The number of nitrogens with one attached hydrogen (secondary N) is 1. The van der Waals surface area contributed by atoms with Crippen LogP contribution < -0.4 is 5.43 Å². The molecule has 0 bridgehead atoms. The van der Waals surface area contributed by atoms with E-state index in [4.69, 9.17) is 0 Å². The predicted molar refractivity (Wildman–Crippen MR) is 116 cm³/mol. The summed E-state index contributed by atoms with van der Waals surface area (Å²) in [6.45, 7) is 7.83. The highest BCUT2D eigenvalue weighted by atomic mass is 16.2. The molecule has 1 amide bonds. The van der Waals surface area contributed by atoms with Gasteiger partial charge in [-0.2, -0.15) is 5.10 Å². The number of aryl methyl sites for hydroxylation is 2. The molecule has 0 aliphatic carbocycles.